The third-order valence-electron chi connectivity index (χ3n) is 5.74. The maximum absolute atomic E-state index is 6.01. The molecule has 134 valence electrons. The van der Waals surface area contributed by atoms with Crippen molar-refractivity contribution in [3.05, 3.63) is 24.2 Å². The molecule has 7 nitrogen and oxygen atoms in total. The molecule has 0 saturated heterocycles. The molecule has 25 heavy (non-hydrogen) atoms. The van der Waals surface area contributed by atoms with Gasteiger partial charge in [0.25, 0.3) is 0 Å². The molecule has 0 bridgehead atoms. The van der Waals surface area contributed by atoms with Crippen molar-refractivity contribution in [1.82, 2.24) is 19.7 Å². The van der Waals surface area contributed by atoms with Crippen LogP contribution >= 0.6 is 0 Å². The second-order valence-corrected chi connectivity index (χ2v) is 7.20. The van der Waals surface area contributed by atoms with Gasteiger partial charge in [-0.1, -0.05) is 12.8 Å². The molecule has 2 aromatic rings. The van der Waals surface area contributed by atoms with Gasteiger partial charge >= 0.3 is 0 Å². The molecule has 2 aliphatic carbocycles. The van der Waals surface area contributed by atoms with Crippen molar-refractivity contribution in [3.63, 3.8) is 0 Å². The average Bonchev–Trinajstić information content (AvgIpc) is 3.23. The summed E-state index contributed by atoms with van der Waals surface area (Å²) >= 11 is 0. The van der Waals surface area contributed by atoms with Crippen molar-refractivity contribution in [2.24, 2.45) is 5.41 Å². The molecule has 0 radical (unpaired) electrons. The van der Waals surface area contributed by atoms with Crippen LogP contribution in [0.25, 0.3) is 5.82 Å². The van der Waals surface area contributed by atoms with Crippen LogP contribution in [0.4, 0.5) is 11.6 Å². The number of nitrogens with one attached hydrogen (secondary N) is 1. The van der Waals surface area contributed by atoms with E-state index in [0.717, 1.165) is 24.5 Å². The monoisotopic (exact) mass is 342 g/mol. The molecule has 2 saturated carbocycles. The van der Waals surface area contributed by atoms with Crippen LogP contribution in [0.1, 0.15) is 44.7 Å². The summed E-state index contributed by atoms with van der Waals surface area (Å²) in [4.78, 5) is 8.72. The van der Waals surface area contributed by atoms with E-state index in [4.69, 9.17) is 10.5 Å². The van der Waals surface area contributed by atoms with E-state index < -0.39 is 0 Å². The van der Waals surface area contributed by atoms with Gasteiger partial charge in [0.1, 0.15) is 18.0 Å². The van der Waals surface area contributed by atoms with E-state index in [1.165, 1.54) is 25.7 Å². The average molecular weight is 342 g/mol. The van der Waals surface area contributed by atoms with Gasteiger partial charge in [-0.05, 0) is 33.1 Å². The van der Waals surface area contributed by atoms with Crippen molar-refractivity contribution >= 4 is 11.6 Å². The molecule has 2 atom stereocenters. The minimum absolute atomic E-state index is 0.266. The fourth-order valence-corrected chi connectivity index (χ4v) is 4.51. The van der Waals surface area contributed by atoms with Gasteiger partial charge in [0.15, 0.2) is 5.82 Å². The smallest absolute Gasteiger partial charge is 0.161 e. The maximum atomic E-state index is 6.01. The van der Waals surface area contributed by atoms with Crippen LogP contribution in [0, 0.1) is 12.3 Å². The van der Waals surface area contributed by atoms with Gasteiger partial charge < -0.3 is 15.8 Å². The van der Waals surface area contributed by atoms with Gasteiger partial charge in [-0.2, -0.15) is 9.78 Å². The van der Waals surface area contributed by atoms with Crippen LogP contribution in [-0.2, 0) is 4.74 Å². The lowest BCUT2D eigenvalue weighted by atomic mass is 9.60. The van der Waals surface area contributed by atoms with Crippen molar-refractivity contribution in [2.45, 2.75) is 58.1 Å². The molecular weight excluding hydrogens is 316 g/mol. The van der Waals surface area contributed by atoms with Gasteiger partial charge in [0, 0.05) is 30.2 Å². The minimum atomic E-state index is 0.266. The first kappa shape index (κ1) is 16.3. The van der Waals surface area contributed by atoms with Crippen molar-refractivity contribution < 1.29 is 4.74 Å². The van der Waals surface area contributed by atoms with Crippen LogP contribution in [-0.4, -0.2) is 38.5 Å². The molecule has 7 heteroatoms. The van der Waals surface area contributed by atoms with Crippen LogP contribution in [0.5, 0.6) is 0 Å². The highest BCUT2D eigenvalue weighted by Crippen LogP contribution is 2.55. The number of aryl methyl sites for hydroxylation is 1. The van der Waals surface area contributed by atoms with Gasteiger partial charge in [0.2, 0.25) is 0 Å². The van der Waals surface area contributed by atoms with E-state index in [-0.39, 0.29) is 5.41 Å². The molecule has 0 aromatic carbocycles. The Morgan fingerprint density at radius 2 is 2.12 bits per heavy atom. The second kappa shape index (κ2) is 6.29. The summed E-state index contributed by atoms with van der Waals surface area (Å²) < 4.78 is 7.64. The Labute approximate surface area is 148 Å². The maximum Gasteiger partial charge on any atom is 0.161 e. The number of anilines is 2. The van der Waals surface area contributed by atoms with E-state index in [2.05, 4.69) is 27.3 Å². The Morgan fingerprint density at radius 3 is 2.80 bits per heavy atom. The number of rotatable bonds is 5. The SMILES string of the molecule is CCO[C@H]1C[C@H](Nc2cc(-n3nc(C)cc3N)ncn2)C12CCCC2. The van der Waals surface area contributed by atoms with E-state index in [9.17, 15) is 0 Å². The fourth-order valence-electron chi connectivity index (χ4n) is 4.51. The first-order valence-electron chi connectivity index (χ1n) is 9.15. The van der Waals surface area contributed by atoms with E-state index in [1.54, 1.807) is 11.0 Å². The predicted octanol–water partition coefficient (Wildman–Crippen LogP) is 2.70. The fraction of sp³-hybridized carbons (Fsp3) is 0.611. The molecule has 3 N–H and O–H groups in total. The Morgan fingerprint density at radius 1 is 1.32 bits per heavy atom. The standard InChI is InChI=1S/C18H26N6O/c1-3-25-14-9-13(18(14)6-4-5-7-18)22-16-10-17(21-11-20-16)24-15(19)8-12(2)23-24/h8,10-11,13-14H,3-7,9,19H2,1-2H3,(H,20,21,22)/t13-,14-/m0/s1. The Balaban J connectivity index is 1.54. The van der Waals surface area contributed by atoms with Crippen molar-refractivity contribution in [2.75, 3.05) is 17.7 Å². The Bertz CT molecular complexity index is 752. The number of nitrogen functional groups attached to an aromatic ring is 1. The van der Waals surface area contributed by atoms with E-state index >= 15 is 0 Å². The van der Waals surface area contributed by atoms with Gasteiger partial charge in [-0.25, -0.2) is 9.97 Å². The largest absolute Gasteiger partial charge is 0.384 e. The van der Waals surface area contributed by atoms with Gasteiger partial charge in [-0.3, -0.25) is 0 Å². The number of nitrogens with two attached hydrogens (primary N) is 1. The lowest BCUT2D eigenvalue weighted by molar-refractivity contribution is -0.114. The third-order valence-corrected chi connectivity index (χ3v) is 5.74. The molecule has 2 aliphatic rings. The lowest BCUT2D eigenvalue weighted by Gasteiger charge is -2.54. The quantitative estimate of drug-likeness (QED) is 0.868. The summed E-state index contributed by atoms with van der Waals surface area (Å²) in [6.45, 7) is 4.78. The van der Waals surface area contributed by atoms with Crippen molar-refractivity contribution in [1.29, 1.82) is 0 Å². The first-order valence-corrected chi connectivity index (χ1v) is 9.15. The van der Waals surface area contributed by atoms with Crippen molar-refractivity contribution in [3.8, 4) is 5.82 Å². The van der Waals surface area contributed by atoms with Crippen LogP contribution < -0.4 is 11.1 Å². The summed E-state index contributed by atoms with van der Waals surface area (Å²) in [5.74, 6) is 2.09. The normalized spacial score (nSPS) is 24.4. The second-order valence-electron chi connectivity index (χ2n) is 7.20. The summed E-state index contributed by atoms with van der Waals surface area (Å²) in [5, 5.41) is 8.02. The highest BCUT2D eigenvalue weighted by Gasteiger charge is 2.56. The third kappa shape index (κ3) is 2.76. The number of hydrogen-bond acceptors (Lipinski definition) is 6. The molecule has 2 fully saturated rings. The summed E-state index contributed by atoms with van der Waals surface area (Å²) in [7, 11) is 0. The zero-order valence-corrected chi connectivity index (χ0v) is 14.9. The zero-order chi connectivity index (χ0) is 17.4. The molecule has 2 aromatic heterocycles. The summed E-state index contributed by atoms with van der Waals surface area (Å²) in [5.41, 5.74) is 7.15. The van der Waals surface area contributed by atoms with E-state index in [0.29, 0.717) is 23.8 Å². The molecular formula is C18H26N6O. The zero-order valence-electron chi connectivity index (χ0n) is 14.9. The van der Waals surface area contributed by atoms with Crippen LogP contribution in [0.2, 0.25) is 0 Å². The molecule has 0 unspecified atom stereocenters. The summed E-state index contributed by atoms with van der Waals surface area (Å²) in [6.07, 6.45) is 8.03. The van der Waals surface area contributed by atoms with Gasteiger partial charge in [-0.15, -0.1) is 0 Å². The van der Waals surface area contributed by atoms with Crippen LogP contribution in [0.15, 0.2) is 18.5 Å². The van der Waals surface area contributed by atoms with E-state index in [1.807, 2.05) is 19.1 Å². The Kier molecular flexibility index (Phi) is 4.11. The molecule has 0 amide bonds. The molecule has 4 rings (SSSR count). The van der Waals surface area contributed by atoms with Gasteiger partial charge in [0.05, 0.1) is 11.8 Å². The molecule has 1 spiro atoms. The predicted molar refractivity (Wildman–Crippen MR) is 96.6 cm³/mol. The lowest BCUT2D eigenvalue weighted by Crippen LogP contribution is -2.60. The number of ether oxygens (including phenoxy) is 1. The highest BCUT2D eigenvalue weighted by atomic mass is 16.5. The topological polar surface area (TPSA) is 90.9 Å². The van der Waals surface area contributed by atoms with Crippen LogP contribution in [0.3, 0.4) is 0 Å². The number of hydrogen-bond donors (Lipinski definition) is 2. The minimum Gasteiger partial charge on any atom is -0.384 e. The number of nitrogens with zero attached hydrogens (tertiary/aromatic N) is 4. The number of aromatic nitrogens is 4. The molecule has 0 aliphatic heterocycles. The molecule has 2 heterocycles. The Hall–Kier alpha value is -2.15. The first-order chi connectivity index (χ1) is 12.1. The summed E-state index contributed by atoms with van der Waals surface area (Å²) in [6, 6.07) is 4.16. The highest BCUT2D eigenvalue weighted by molar-refractivity contribution is 5.46.